The van der Waals surface area contributed by atoms with Crippen LogP contribution in [0.2, 0.25) is 0 Å². The molecule has 0 bridgehead atoms. The fraction of sp³-hybridized carbons (Fsp3) is 0.909. The van der Waals surface area contributed by atoms with Gasteiger partial charge in [0.25, 0.3) is 10.1 Å². The lowest BCUT2D eigenvalue weighted by Crippen LogP contribution is -2.33. The maximum absolute atomic E-state index is 11.4. The summed E-state index contributed by atoms with van der Waals surface area (Å²) in [5, 5.41) is 2.62. The van der Waals surface area contributed by atoms with Crippen LogP contribution in [-0.2, 0) is 19.0 Å². The van der Waals surface area contributed by atoms with Crippen LogP contribution in [0.15, 0.2) is 0 Å². The van der Waals surface area contributed by atoms with Crippen molar-refractivity contribution in [3.8, 4) is 0 Å². The summed E-state index contributed by atoms with van der Waals surface area (Å²) in [6.07, 6.45) is 5.45. The van der Waals surface area contributed by atoms with Gasteiger partial charge in [0.15, 0.2) is 0 Å². The molecular formula is C11H23NO5S2. The van der Waals surface area contributed by atoms with Gasteiger partial charge in [0, 0.05) is 0 Å². The Kier molecular flexibility index (Phi) is 10.1. The summed E-state index contributed by atoms with van der Waals surface area (Å²) in [6.45, 7) is 2.57. The lowest BCUT2D eigenvalue weighted by molar-refractivity contribution is 0.143. The normalized spacial score (nSPS) is 13.0. The third-order valence-corrected chi connectivity index (χ3v) is 3.72. The molecule has 0 radical (unpaired) electrons. The number of unbranched alkanes of at least 4 members (excludes halogenated alkanes) is 1. The summed E-state index contributed by atoms with van der Waals surface area (Å²) in [5.41, 5.74) is 0. The predicted octanol–water partition coefficient (Wildman–Crippen LogP) is 1.96. The van der Waals surface area contributed by atoms with Crippen LogP contribution in [0, 0.1) is 0 Å². The third kappa shape index (κ3) is 12.3. The maximum atomic E-state index is 11.4. The molecule has 0 aliphatic heterocycles. The van der Waals surface area contributed by atoms with Crippen molar-refractivity contribution in [2.75, 3.05) is 25.7 Å². The molecule has 1 atom stereocenters. The molecule has 0 rings (SSSR count). The maximum Gasteiger partial charge on any atom is 0.408 e. The van der Waals surface area contributed by atoms with Gasteiger partial charge in [-0.15, -0.1) is 11.8 Å². The largest absolute Gasteiger partial charge is 0.450 e. The number of alkyl carbamates (subject to hydrolysis) is 1. The molecule has 114 valence electrons. The molecule has 1 N–H and O–H groups in total. The van der Waals surface area contributed by atoms with Crippen LogP contribution in [0.4, 0.5) is 4.79 Å². The number of ether oxygens (including phenoxy) is 1. The molecule has 0 aromatic rings. The van der Waals surface area contributed by atoms with E-state index < -0.39 is 16.2 Å². The van der Waals surface area contributed by atoms with Gasteiger partial charge in [0.05, 0.1) is 24.8 Å². The Morgan fingerprint density at radius 3 is 2.53 bits per heavy atom. The van der Waals surface area contributed by atoms with E-state index in [1.54, 1.807) is 0 Å². The van der Waals surface area contributed by atoms with Gasteiger partial charge in [-0.3, -0.25) is 4.18 Å². The SMILES string of the molecule is CCCCOC(=O)NC(CCCOS(C)(=O)=O)SC. The van der Waals surface area contributed by atoms with E-state index in [-0.39, 0.29) is 12.0 Å². The Balaban J connectivity index is 3.79. The molecule has 0 heterocycles. The molecule has 1 unspecified atom stereocenters. The van der Waals surface area contributed by atoms with E-state index in [0.717, 1.165) is 19.1 Å². The highest BCUT2D eigenvalue weighted by molar-refractivity contribution is 7.99. The van der Waals surface area contributed by atoms with Gasteiger partial charge in [-0.25, -0.2) is 4.79 Å². The molecule has 0 aliphatic rings. The Morgan fingerprint density at radius 2 is 2.00 bits per heavy atom. The van der Waals surface area contributed by atoms with Crippen LogP contribution in [0.1, 0.15) is 32.6 Å². The Hall–Kier alpha value is -0.470. The van der Waals surface area contributed by atoms with Crippen LogP contribution in [-0.4, -0.2) is 45.6 Å². The van der Waals surface area contributed by atoms with Gasteiger partial charge in [0.1, 0.15) is 0 Å². The van der Waals surface area contributed by atoms with E-state index in [9.17, 15) is 13.2 Å². The second-order valence-electron chi connectivity index (χ2n) is 4.03. The first kappa shape index (κ1) is 18.5. The summed E-state index contributed by atoms with van der Waals surface area (Å²) < 4.78 is 31.1. The summed E-state index contributed by atoms with van der Waals surface area (Å²) in [4.78, 5) is 11.4. The van der Waals surface area contributed by atoms with Crippen LogP contribution < -0.4 is 5.32 Å². The Labute approximate surface area is 119 Å². The van der Waals surface area contributed by atoms with E-state index >= 15 is 0 Å². The number of carbonyl (C=O) groups excluding carboxylic acids is 1. The van der Waals surface area contributed by atoms with E-state index in [1.807, 2.05) is 13.2 Å². The number of nitrogens with one attached hydrogen (secondary N) is 1. The minimum absolute atomic E-state index is 0.0997. The van der Waals surface area contributed by atoms with Crippen molar-refractivity contribution in [2.45, 2.75) is 38.0 Å². The zero-order valence-electron chi connectivity index (χ0n) is 11.7. The van der Waals surface area contributed by atoms with Crippen molar-refractivity contribution in [1.82, 2.24) is 5.32 Å². The van der Waals surface area contributed by atoms with Crippen molar-refractivity contribution in [3.05, 3.63) is 0 Å². The number of hydrogen-bond acceptors (Lipinski definition) is 6. The first-order valence-corrected chi connectivity index (χ1v) is 9.30. The second kappa shape index (κ2) is 10.3. The number of rotatable bonds is 10. The number of amides is 1. The minimum atomic E-state index is -3.39. The molecule has 0 fully saturated rings. The van der Waals surface area contributed by atoms with Gasteiger partial charge >= 0.3 is 6.09 Å². The van der Waals surface area contributed by atoms with E-state index in [1.165, 1.54) is 11.8 Å². The molecule has 0 spiro atoms. The van der Waals surface area contributed by atoms with Gasteiger partial charge in [-0.1, -0.05) is 13.3 Å². The molecule has 0 aromatic carbocycles. The van der Waals surface area contributed by atoms with Crippen molar-refractivity contribution >= 4 is 28.0 Å². The summed E-state index contributed by atoms with van der Waals surface area (Å²) in [6, 6.07) is 0. The first-order valence-electron chi connectivity index (χ1n) is 6.19. The smallest absolute Gasteiger partial charge is 0.408 e. The van der Waals surface area contributed by atoms with E-state index in [4.69, 9.17) is 4.74 Å². The van der Waals surface area contributed by atoms with Gasteiger partial charge < -0.3 is 10.1 Å². The van der Waals surface area contributed by atoms with Gasteiger partial charge in [-0.05, 0) is 25.5 Å². The van der Waals surface area contributed by atoms with Crippen molar-refractivity contribution in [2.24, 2.45) is 0 Å². The van der Waals surface area contributed by atoms with Crippen molar-refractivity contribution in [3.63, 3.8) is 0 Å². The lowest BCUT2D eigenvalue weighted by atomic mass is 10.3. The van der Waals surface area contributed by atoms with Crippen LogP contribution in [0.3, 0.4) is 0 Å². The number of hydrogen-bond donors (Lipinski definition) is 1. The number of thioether (sulfide) groups is 1. The molecule has 0 aromatic heterocycles. The Morgan fingerprint density at radius 1 is 1.32 bits per heavy atom. The first-order chi connectivity index (χ1) is 8.89. The molecule has 8 heteroatoms. The standard InChI is InChI=1S/C11H23NO5S2/c1-4-5-8-16-11(13)12-10(18-2)7-6-9-17-19(3,14)15/h10H,4-9H2,1-3H3,(H,12,13). The third-order valence-electron chi connectivity index (χ3n) is 2.20. The molecule has 0 saturated heterocycles. The monoisotopic (exact) mass is 313 g/mol. The van der Waals surface area contributed by atoms with Crippen LogP contribution in [0.25, 0.3) is 0 Å². The topological polar surface area (TPSA) is 81.7 Å². The van der Waals surface area contributed by atoms with Crippen LogP contribution in [0.5, 0.6) is 0 Å². The number of carbonyl (C=O) groups is 1. The van der Waals surface area contributed by atoms with Gasteiger partial charge in [-0.2, -0.15) is 8.42 Å². The zero-order valence-corrected chi connectivity index (χ0v) is 13.3. The Bertz CT molecular complexity index is 345. The van der Waals surface area contributed by atoms with E-state index in [0.29, 0.717) is 19.4 Å². The minimum Gasteiger partial charge on any atom is -0.450 e. The molecule has 0 aliphatic carbocycles. The van der Waals surface area contributed by atoms with E-state index in [2.05, 4.69) is 9.50 Å². The fourth-order valence-electron chi connectivity index (χ4n) is 1.21. The van der Waals surface area contributed by atoms with Crippen molar-refractivity contribution < 1.29 is 22.1 Å². The van der Waals surface area contributed by atoms with Gasteiger partial charge in [0.2, 0.25) is 0 Å². The predicted molar refractivity (Wildman–Crippen MR) is 76.7 cm³/mol. The molecule has 0 saturated carbocycles. The molecule has 1 amide bonds. The molecular weight excluding hydrogens is 290 g/mol. The highest BCUT2D eigenvalue weighted by Gasteiger charge is 2.12. The quantitative estimate of drug-likeness (QED) is 0.377. The second-order valence-corrected chi connectivity index (χ2v) is 6.71. The molecule has 6 nitrogen and oxygen atoms in total. The highest BCUT2D eigenvalue weighted by atomic mass is 32.2. The average molecular weight is 313 g/mol. The van der Waals surface area contributed by atoms with Crippen molar-refractivity contribution in [1.29, 1.82) is 0 Å². The average Bonchev–Trinajstić information content (AvgIpc) is 2.32. The highest BCUT2D eigenvalue weighted by Crippen LogP contribution is 2.11. The van der Waals surface area contributed by atoms with Crippen LogP contribution >= 0.6 is 11.8 Å². The summed E-state index contributed by atoms with van der Waals surface area (Å²) in [5.74, 6) is 0. The molecule has 19 heavy (non-hydrogen) atoms. The summed E-state index contributed by atoms with van der Waals surface area (Å²) >= 11 is 1.48. The summed E-state index contributed by atoms with van der Waals surface area (Å²) in [7, 11) is -3.39. The fourth-order valence-corrected chi connectivity index (χ4v) is 2.25. The zero-order chi connectivity index (χ0) is 14.7. The lowest BCUT2D eigenvalue weighted by Gasteiger charge is -2.16.